The molecular formula is C27H26ClN3O2. The average Bonchev–Trinajstić information content (AvgIpc) is 2.85. The van der Waals surface area contributed by atoms with Gasteiger partial charge < -0.3 is 15.1 Å². The number of hydrogen-bond acceptors (Lipinski definition) is 3. The summed E-state index contributed by atoms with van der Waals surface area (Å²) in [6.45, 7) is 4.77. The Morgan fingerprint density at radius 3 is 2.27 bits per heavy atom. The van der Waals surface area contributed by atoms with Gasteiger partial charge in [-0.1, -0.05) is 48.0 Å². The van der Waals surface area contributed by atoms with Crippen molar-refractivity contribution in [1.29, 1.82) is 0 Å². The lowest BCUT2D eigenvalue weighted by atomic mass is 10.1. The lowest BCUT2D eigenvalue weighted by Crippen LogP contribution is -2.48. The van der Waals surface area contributed by atoms with E-state index < -0.39 is 0 Å². The van der Waals surface area contributed by atoms with Crippen LogP contribution in [0.25, 0.3) is 6.08 Å². The van der Waals surface area contributed by atoms with Gasteiger partial charge in [-0.2, -0.15) is 0 Å². The number of aryl methyl sites for hydroxylation is 1. The fraction of sp³-hybridized carbons (Fsp3) is 0.185. The Labute approximate surface area is 199 Å². The van der Waals surface area contributed by atoms with Gasteiger partial charge in [-0.05, 0) is 60.5 Å². The van der Waals surface area contributed by atoms with Gasteiger partial charge in [0.1, 0.15) is 0 Å². The molecule has 1 heterocycles. The summed E-state index contributed by atoms with van der Waals surface area (Å²) in [7, 11) is 0. The molecule has 0 spiro atoms. The summed E-state index contributed by atoms with van der Waals surface area (Å²) in [5.74, 6) is -0.159. The lowest BCUT2D eigenvalue weighted by Gasteiger charge is -2.35. The maximum absolute atomic E-state index is 12.5. The number of carbonyl (C=O) groups excluding carboxylic acids is 2. The first-order chi connectivity index (χ1) is 16.0. The number of hydrogen-bond donors (Lipinski definition) is 1. The molecule has 0 bridgehead atoms. The number of carbonyl (C=O) groups is 2. The zero-order valence-electron chi connectivity index (χ0n) is 18.5. The second kappa shape index (κ2) is 10.4. The molecule has 4 rings (SSSR count). The molecule has 5 nitrogen and oxygen atoms in total. The topological polar surface area (TPSA) is 52.7 Å². The van der Waals surface area contributed by atoms with Crippen LogP contribution in [0.5, 0.6) is 0 Å². The molecule has 3 aromatic rings. The van der Waals surface area contributed by atoms with Crippen molar-refractivity contribution < 1.29 is 9.59 Å². The van der Waals surface area contributed by atoms with E-state index in [-0.39, 0.29) is 11.8 Å². The molecule has 1 saturated heterocycles. The number of halogens is 1. The van der Waals surface area contributed by atoms with Crippen LogP contribution >= 0.6 is 11.6 Å². The second-order valence-electron chi connectivity index (χ2n) is 8.02. The van der Waals surface area contributed by atoms with Crippen molar-refractivity contribution in [3.8, 4) is 0 Å². The fourth-order valence-corrected chi connectivity index (χ4v) is 3.90. The predicted octanol–water partition coefficient (Wildman–Crippen LogP) is 5.26. The molecule has 0 aliphatic carbocycles. The highest BCUT2D eigenvalue weighted by Gasteiger charge is 2.20. The number of rotatable bonds is 5. The van der Waals surface area contributed by atoms with Crippen LogP contribution in [0.4, 0.5) is 11.4 Å². The summed E-state index contributed by atoms with van der Waals surface area (Å²) in [6.07, 6.45) is 3.50. The molecule has 6 heteroatoms. The zero-order valence-corrected chi connectivity index (χ0v) is 19.3. The lowest BCUT2D eigenvalue weighted by molar-refractivity contribution is -0.126. The van der Waals surface area contributed by atoms with Crippen LogP contribution in [0.3, 0.4) is 0 Å². The number of nitrogens with one attached hydrogen (secondary N) is 1. The third kappa shape index (κ3) is 5.82. The molecule has 1 aliphatic heterocycles. The first-order valence-electron chi connectivity index (χ1n) is 10.9. The molecule has 0 radical (unpaired) electrons. The van der Waals surface area contributed by atoms with Crippen LogP contribution in [-0.2, 0) is 4.79 Å². The minimum atomic E-state index is -0.194. The summed E-state index contributed by atoms with van der Waals surface area (Å²) < 4.78 is 0. The summed E-state index contributed by atoms with van der Waals surface area (Å²) in [5.41, 5.74) is 4.27. The van der Waals surface area contributed by atoms with Gasteiger partial charge in [0, 0.05) is 54.2 Å². The Morgan fingerprint density at radius 1 is 0.909 bits per heavy atom. The molecule has 2 amide bonds. The Hall–Kier alpha value is -3.57. The average molecular weight is 460 g/mol. The van der Waals surface area contributed by atoms with Gasteiger partial charge in [0.05, 0.1) is 0 Å². The van der Waals surface area contributed by atoms with E-state index in [0.29, 0.717) is 23.7 Å². The van der Waals surface area contributed by atoms with Crippen molar-refractivity contribution in [2.24, 2.45) is 0 Å². The van der Waals surface area contributed by atoms with E-state index in [1.165, 1.54) is 0 Å². The van der Waals surface area contributed by atoms with Crippen molar-refractivity contribution >= 4 is 40.9 Å². The molecule has 1 fully saturated rings. The molecule has 168 valence electrons. The Morgan fingerprint density at radius 2 is 1.61 bits per heavy atom. The predicted molar refractivity (Wildman–Crippen MR) is 135 cm³/mol. The van der Waals surface area contributed by atoms with E-state index in [1.807, 2.05) is 78.6 Å². The third-order valence-corrected chi connectivity index (χ3v) is 6.14. The number of anilines is 2. The monoisotopic (exact) mass is 459 g/mol. The number of benzene rings is 3. The molecule has 1 aliphatic rings. The van der Waals surface area contributed by atoms with Crippen LogP contribution in [-0.4, -0.2) is 42.9 Å². The molecular weight excluding hydrogens is 434 g/mol. The molecule has 0 atom stereocenters. The fourth-order valence-electron chi connectivity index (χ4n) is 3.72. The van der Waals surface area contributed by atoms with Crippen LogP contribution < -0.4 is 10.2 Å². The van der Waals surface area contributed by atoms with Gasteiger partial charge in [-0.15, -0.1) is 0 Å². The number of piperazine rings is 1. The van der Waals surface area contributed by atoms with Gasteiger partial charge in [0.2, 0.25) is 5.91 Å². The van der Waals surface area contributed by atoms with Gasteiger partial charge >= 0.3 is 0 Å². The normalized spacial score (nSPS) is 13.9. The Bertz CT molecular complexity index is 1150. The largest absolute Gasteiger partial charge is 0.368 e. The van der Waals surface area contributed by atoms with Crippen LogP contribution in [0.1, 0.15) is 21.5 Å². The minimum Gasteiger partial charge on any atom is -0.368 e. The van der Waals surface area contributed by atoms with Gasteiger partial charge in [-0.3, -0.25) is 9.59 Å². The van der Waals surface area contributed by atoms with E-state index in [4.69, 9.17) is 11.6 Å². The maximum atomic E-state index is 12.5. The summed E-state index contributed by atoms with van der Waals surface area (Å²) in [4.78, 5) is 29.1. The number of nitrogens with zero attached hydrogens (tertiary/aromatic N) is 2. The third-order valence-electron chi connectivity index (χ3n) is 5.73. The van der Waals surface area contributed by atoms with Crippen molar-refractivity contribution in [2.45, 2.75) is 6.92 Å². The standard InChI is InChI=1S/C27H26ClN3O2/c1-20-7-9-22(19-25(20)28)27(33)29-23-10-12-24(13-11-23)30-15-17-31(18-16-30)26(32)14-8-21-5-3-2-4-6-21/h2-14,19H,15-18H2,1H3,(H,29,33)/b14-8+. The van der Waals surface area contributed by atoms with Crippen molar-refractivity contribution in [1.82, 2.24) is 4.90 Å². The highest BCUT2D eigenvalue weighted by Crippen LogP contribution is 2.21. The van der Waals surface area contributed by atoms with E-state index in [1.54, 1.807) is 18.2 Å². The Kier molecular flexibility index (Phi) is 7.10. The SMILES string of the molecule is Cc1ccc(C(=O)Nc2ccc(N3CCN(C(=O)/C=C/c4ccccc4)CC3)cc2)cc1Cl. The number of amides is 2. The quantitative estimate of drug-likeness (QED) is 0.529. The molecule has 0 aromatic heterocycles. The van der Waals surface area contributed by atoms with Gasteiger partial charge in [0.25, 0.3) is 5.91 Å². The highest BCUT2D eigenvalue weighted by molar-refractivity contribution is 6.31. The molecule has 3 aromatic carbocycles. The van der Waals surface area contributed by atoms with Crippen molar-refractivity contribution in [3.05, 3.63) is 101 Å². The van der Waals surface area contributed by atoms with Crippen molar-refractivity contribution in [3.63, 3.8) is 0 Å². The summed E-state index contributed by atoms with van der Waals surface area (Å²) in [6, 6.07) is 22.9. The van der Waals surface area contributed by atoms with E-state index in [2.05, 4.69) is 10.2 Å². The summed E-state index contributed by atoms with van der Waals surface area (Å²) >= 11 is 6.13. The van der Waals surface area contributed by atoms with E-state index in [9.17, 15) is 9.59 Å². The van der Waals surface area contributed by atoms with Crippen LogP contribution in [0.2, 0.25) is 5.02 Å². The Balaban J connectivity index is 1.30. The smallest absolute Gasteiger partial charge is 0.255 e. The van der Waals surface area contributed by atoms with Crippen LogP contribution in [0.15, 0.2) is 78.9 Å². The molecule has 1 N–H and O–H groups in total. The van der Waals surface area contributed by atoms with Gasteiger partial charge in [0.15, 0.2) is 0 Å². The second-order valence-corrected chi connectivity index (χ2v) is 8.43. The molecule has 0 saturated carbocycles. The summed E-state index contributed by atoms with van der Waals surface area (Å²) in [5, 5.41) is 3.48. The first-order valence-corrected chi connectivity index (χ1v) is 11.3. The molecule has 0 unspecified atom stereocenters. The maximum Gasteiger partial charge on any atom is 0.255 e. The van der Waals surface area contributed by atoms with E-state index >= 15 is 0 Å². The highest BCUT2D eigenvalue weighted by atomic mass is 35.5. The van der Waals surface area contributed by atoms with E-state index in [0.717, 1.165) is 35.6 Å². The molecule has 33 heavy (non-hydrogen) atoms. The first kappa shape index (κ1) is 22.6. The van der Waals surface area contributed by atoms with Crippen molar-refractivity contribution in [2.75, 3.05) is 36.4 Å². The van der Waals surface area contributed by atoms with Gasteiger partial charge in [-0.25, -0.2) is 0 Å². The van der Waals surface area contributed by atoms with Crippen LogP contribution in [0, 0.1) is 6.92 Å². The minimum absolute atomic E-state index is 0.0350. The zero-order chi connectivity index (χ0) is 23.2.